The van der Waals surface area contributed by atoms with E-state index in [2.05, 4.69) is 17.2 Å². The number of nitrogens with zero attached hydrogens (tertiary/aromatic N) is 1. The van der Waals surface area contributed by atoms with Crippen molar-refractivity contribution < 1.29 is 9.21 Å². The molecule has 3 aromatic rings. The molecule has 0 aliphatic rings. The van der Waals surface area contributed by atoms with Gasteiger partial charge in [0.2, 0.25) is 11.8 Å². The Labute approximate surface area is 152 Å². The molecule has 0 bridgehead atoms. The second kappa shape index (κ2) is 7.28. The van der Waals surface area contributed by atoms with E-state index in [4.69, 9.17) is 16.0 Å². The predicted molar refractivity (Wildman–Crippen MR) is 102 cm³/mol. The molecule has 1 aromatic heterocycles. The van der Waals surface area contributed by atoms with Crippen LogP contribution in [0.1, 0.15) is 32.8 Å². The van der Waals surface area contributed by atoms with Crippen LogP contribution in [0.3, 0.4) is 0 Å². The van der Waals surface area contributed by atoms with Gasteiger partial charge in [0.15, 0.2) is 5.58 Å². The number of carbonyl (C=O) groups excluding carboxylic acids is 1. The first-order valence-corrected chi connectivity index (χ1v) is 8.83. The largest absolute Gasteiger partial charge is 0.436 e. The molecule has 0 aliphatic heterocycles. The molecule has 4 nitrogen and oxygen atoms in total. The van der Waals surface area contributed by atoms with Crippen LogP contribution < -0.4 is 5.32 Å². The molecule has 25 heavy (non-hydrogen) atoms. The van der Waals surface area contributed by atoms with Gasteiger partial charge in [-0.1, -0.05) is 38.4 Å². The van der Waals surface area contributed by atoms with Crippen molar-refractivity contribution in [2.45, 2.75) is 33.6 Å². The highest BCUT2D eigenvalue weighted by Crippen LogP contribution is 2.31. The van der Waals surface area contributed by atoms with Crippen LogP contribution in [-0.2, 0) is 11.2 Å². The van der Waals surface area contributed by atoms with Crippen molar-refractivity contribution in [2.24, 2.45) is 5.92 Å². The topological polar surface area (TPSA) is 55.1 Å². The second-order valence-electron chi connectivity index (χ2n) is 6.52. The van der Waals surface area contributed by atoms with Gasteiger partial charge >= 0.3 is 0 Å². The van der Waals surface area contributed by atoms with Crippen molar-refractivity contribution in [2.75, 3.05) is 5.32 Å². The van der Waals surface area contributed by atoms with Crippen LogP contribution in [0.2, 0.25) is 5.02 Å². The third-order valence-electron chi connectivity index (χ3n) is 3.94. The highest BCUT2D eigenvalue weighted by molar-refractivity contribution is 6.33. The zero-order chi connectivity index (χ0) is 18.0. The van der Waals surface area contributed by atoms with E-state index in [9.17, 15) is 4.79 Å². The van der Waals surface area contributed by atoms with Gasteiger partial charge in [-0.05, 0) is 48.2 Å². The predicted octanol–water partition coefficient (Wildman–Crippen LogP) is 5.70. The number of rotatable bonds is 5. The van der Waals surface area contributed by atoms with Crippen molar-refractivity contribution in [1.29, 1.82) is 0 Å². The maximum Gasteiger partial charge on any atom is 0.227 e. The van der Waals surface area contributed by atoms with Gasteiger partial charge in [0, 0.05) is 12.0 Å². The Morgan fingerprint density at radius 2 is 2.04 bits per heavy atom. The lowest BCUT2D eigenvalue weighted by atomic mass is 10.1. The van der Waals surface area contributed by atoms with Crippen molar-refractivity contribution in [3.05, 3.63) is 47.0 Å². The molecule has 0 saturated heterocycles. The standard InChI is InChI=1S/C20H21ClN2O2/c1-4-13-5-8-18-17(10-13)23-20(25-18)14-6-7-15(21)16(11-14)22-19(24)9-12(2)3/h5-8,10-12H,4,9H2,1-3H3,(H,22,24). The summed E-state index contributed by atoms with van der Waals surface area (Å²) < 4.78 is 5.85. The maximum absolute atomic E-state index is 12.0. The lowest BCUT2D eigenvalue weighted by Gasteiger charge is -2.09. The summed E-state index contributed by atoms with van der Waals surface area (Å²) in [7, 11) is 0. The number of aromatic nitrogens is 1. The smallest absolute Gasteiger partial charge is 0.227 e. The molecule has 0 spiro atoms. The van der Waals surface area contributed by atoms with Crippen molar-refractivity contribution in [1.82, 2.24) is 4.98 Å². The van der Waals surface area contributed by atoms with Gasteiger partial charge in [-0.25, -0.2) is 4.98 Å². The number of anilines is 1. The lowest BCUT2D eigenvalue weighted by Crippen LogP contribution is -2.14. The number of oxazole rings is 1. The van der Waals surface area contributed by atoms with E-state index in [-0.39, 0.29) is 11.8 Å². The molecule has 0 atom stereocenters. The normalized spacial score (nSPS) is 11.2. The fourth-order valence-corrected chi connectivity index (χ4v) is 2.81. The molecule has 1 heterocycles. The summed E-state index contributed by atoms with van der Waals surface area (Å²) >= 11 is 6.22. The Morgan fingerprint density at radius 3 is 2.76 bits per heavy atom. The van der Waals surface area contributed by atoms with Crippen LogP contribution in [0.25, 0.3) is 22.6 Å². The summed E-state index contributed by atoms with van der Waals surface area (Å²) in [4.78, 5) is 16.6. The summed E-state index contributed by atoms with van der Waals surface area (Å²) in [6.45, 7) is 6.11. The molecule has 1 N–H and O–H groups in total. The maximum atomic E-state index is 12.0. The number of amides is 1. The fraction of sp³-hybridized carbons (Fsp3) is 0.300. The average Bonchev–Trinajstić information content (AvgIpc) is 2.99. The van der Waals surface area contributed by atoms with Gasteiger partial charge in [-0.3, -0.25) is 4.79 Å². The fourth-order valence-electron chi connectivity index (χ4n) is 2.64. The minimum Gasteiger partial charge on any atom is -0.436 e. The molecular weight excluding hydrogens is 336 g/mol. The number of hydrogen-bond donors (Lipinski definition) is 1. The molecule has 0 saturated carbocycles. The van der Waals surface area contributed by atoms with Gasteiger partial charge < -0.3 is 9.73 Å². The molecule has 0 unspecified atom stereocenters. The van der Waals surface area contributed by atoms with Gasteiger partial charge in [0.05, 0.1) is 10.7 Å². The molecule has 0 aliphatic carbocycles. The third kappa shape index (κ3) is 4.02. The highest BCUT2D eigenvalue weighted by Gasteiger charge is 2.13. The summed E-state index contributed by atoms with van der Waals surface area (Å²) in [6, 6.07) is 11.4. The molecule has 0 fully saturated rings. The zero-order valence-electron chi connectivity index (χ0n) is 14.6. The number of aryl methyl sites for hydroxylation is 1. The first kappa shape index (κ1) is 17.5. The summed E-state index contributed by atoms with van der Waals surface area (Å²) in [5, 5.41) is 3.35. The van der Waals surface area contributed by atoms with E-state index in [1.165, 1.54) is 5.56 Å². The Balaban J connectivity index is 1.92. The lowest BCUT2D eigenvalue weighted by molar-refractivity contribution is -0.116. The molecular formula is C20H21ClN2O2. The number of nitrogens with one attached hydrogen (secondary N) is 1. The van der Waals surface area contributed by atoms with Gasteiger partial charge in [0.25, 0.3) is 0 Å². The van der Waals surface area contributed by atoms with E-state index in [1.807, 2.05) is 38.1 Å². The van der Waals surface area contributed by atoms with Crippen molar-refractivity contribution in [3.8, 4) is 11.5 Å². The number of benzene rings is 2. The van der Waals surface area contributed by atoms with Crippen LogP contribution in [0.5, 0.6) is 0 Å². The number of carbonyl (C=O) groups is 1. The van der Waals surface area contributed by atoms with E-state index in [1.54, 1.807) is 12.1 Å². The van der Waals surface area contributed by atoms with Crippen LogP contribution in [0.4, 0.5) is 5.69 Å². The minimum atomic E-state index is -0.0563. The first-order chi connectivity index (χ1) is 12.0. The quantitative estimate of drug-likeness (QED) is 0.638. The Hall–Kier alpha value is -2.33. The van der Waals surface area contributed by atoms with Crippen molar-refractivity contribution in [3.63, 3.8) is 0 Å². The van der Waals surface area contributed by atoms with Gasteiger partial charge in [-0.2, -0.15) is 0 Å². The second-order valence-corrected chi connectivity index (χ2v) is 6.92. The number of fused-ring (bicyclic) bond motifs is 1. The van der Waals surface area contributed by atoms with E-state index in [0.29, 0.717) is 23.0 Å². The highest BCUT2D eigenvalue weighted by atomic mass is 35.5. The number of halogens is 1. The summed E-state index contributed by atoms with van der Waals surface area (Å²) in [5.41, 5.74) is 4.13. The van der Waals surface area contributed by atoms with E-state index < -0.39 is 0 Å². The number of hydrogen-bond acceptors (Lipinski definition) is 3. The Kier molecular flexibility index (Phi) is 5.09. The van der Waals surface area contributed by atoms with Gasteiger partial charge in [-0.15, -0.1) is 0 Å². The van der Waals surface area contributed by atoms with Gasteiger partial charge in [0.1, 0.15) is 5.52 Å². The van der Waals surface area contributed by atoms with Crippen LogP contribution >= 0.6 is 11.6 Å². The summed E-state index contributed by atoms with van der Waals surface area (Å²) in [5.74, 6) is 0.741. The summed E-state index contributed by atoms with van der Waals surface area (Å²) in [6.07, 6.45) is 1.40. The SMILES string of the molecule is CCc1ccc2oc(-c3ccc(Cl)c(NC(=O)CC(C)C)c3)nc2c1. The molecule has 1 amide bonds. The zero-order valence-corrected chi connectivity index (χ0v) is 15.4. The molecule has 130 valence electrons. The molecule has 2 aromatic carbocycles. The Bertz CT molecular complexity index is 915. The van der Waals surface area contributed by atoms with Crippen molar-refractivity contribution >= 4 is 34.3 Å². The van der Waals surface area contributed by atoms with Crippen LogP contribution in [0.15, 0.2) is 40.8 Å². The van der Waals surface area contributed by atoms with E-state index in [0.717, 1.165) is 23.1 Å². The third-order valence-corrected chi connectivity index (χ3v) is 4.27. The van der Waals surface area contributed by atoms with Crippen LogP contribution in [-0.4, -0.2) is 10.9 Å². The molecule has 3 rings (SSSR count). The molecule has 5 heteroatoms. The molecule has 0 radical (unpaired) electrons. The van der Waals surface area contributed by atoms with Crippen LogP contribution in [0, 0.1) is 5.92 Å². The minimum absolute atomic E-state index is 0.0563. The first-order valence-electron chi connectivity index (χ1n) is 8.45. The monoisotopic (exact) mass is 356 g/mol. The van der Waals surface area contributed by atoms with E-state index >= 15 is 0 Å². The average molecular weight is 357 g/mol. The Morgan fingerprint density at radius 1 is 1.24 bits per heavy atom.